The SMILES string of the molecule is N=C(N)NCCC[C@H](NC(=O)c1c(I)c(C(=O)N[C@@H](CCCNC(=N)N)C(=O)NCC(=O)N[C@@H](CC(=O)O)C(=O)N[C@@H](CO)C(=O)O)c(I)c(C(=O)N[C@@H](CCCNC(=N)N)C(=O)NCC(=O)N[C@@H](CC(=O)O)C(=O)N[C@@H](CO)C(=O)O)c1I)C(=O)NCC(=O)N[C@@H](CC(=O)O)C(=O)N[C@@H](CO)C(=O)O. The Kier molecular flexibility index (Phi) is 41.5. The fraction of sp³-hybridized carbons (Fsp3) is 0.500. The van der Waals surface area contributed by atoms with Gasteiger partial charge in [-0.2, -0.15) is 0 Å². The van der Waals surface area contributed by atoms with E-state index < -0.39 is 284 Å². The third-order valence-corrected chi connectivity index (χ3v) is 16.8. The number of aliphatic hydroxyl groups is 3. The van der Waals surface area contributed by atoms with Gasteiger partial charge < -0.3 is 143 Å². The van der Waals surface area contributed by atoms with Crippen molar-refractivity contribution in [2.24, 2.45) is 17.2 Å². The molecular formula is C54H78I3N21O27. The van der Waals surface area contributed by atoms with E-state index in [0.717, 1.165) is 0 Å². The number of halogens is 3. The van der Waals surface area contributed by atoms with Crippen LogP contribution in [0, 0.1) is 26.9 Å². The zero-order valence-electron chi connectivity index (χ0n) is 54.7. The lowest BCUT2D eigenvalue weighted by Gasteiger charge is -2.24. The topological polar surface area (TPSA) is 819 Å². The van der Waals surface area contributed by atoms with E-state index in [1.807, 2.05) is 31.9 Å². The standard InChI is InChI=1S/C54H78I3N21O27/c55-37-34(46(97)73-19(4-1-7-64-52(58)59)40(91)67-13-28(82)70-22(10-31(85)86)43(94)76-25(16-79)49(100)101)38(56)36(48(99)75-21(6-3-9-66-54(62)63)42(93)69-15-30(84)72-24(12-33(89)90)45(96)78-27(18-81)51(104)105)39(57)35(37)47(98)74-20(5-2-8-65-53(60)61)41(92)68-14-29(83)71-23(11-32(87)88)44(95)77-26(17-80)50(102)103/h19-27,79-81H,1-18H2,(H,67,91)(H,68,92)(H,69,93)(H,70,82)(H,71,83)(H,72,84)(H,73,97)(H,74,98)(H,75,99)(H,76,94)(H,77,95)(H,78,96)(H,85,86)(H,87,88)(H,89,90)(H,100,101)(H,102,103)(H,104,105)(H4,58,59,64)(H4,60,61,65)(H4,62,63,66)/t19-,20-,21-,22-,23-,24-,25-,26-,27-/m0/s1. The van der Waals surface area contributed by atoms with Crippen LogP contribution in [-0.4, -0.2) is 284 Å². The molecule has 0 aliphatic heterocycles. The minimum Gasteiger partial charge on any atom is -0.481 e. The first-order valence-corrected chi connectivity index (χ1v) is 33.5. The van der Waals surface area contributed by atoms with Crippen molar-refractivity contribution in [1.82, 2.24) is 79.8 Å². The predicted octanol–water partition coefficient (Wildman–Crippen LogP) is -11.5. The maximum Gasteiger partial charge on any atom is 0.328 e. The van der Waals surface area contributed by atoms with Gasteiger partial charge in [0.25, 0.3) is 17.7 Å². The summed E-state index contributed by atoms with van der Waals surface area (Å²) in [5.41, 5.74) is 14.3. The maximum atomic E-state index is 15.1. The molecule has 0 fully saturated rings. The summed E-state index contributed by atoms with van der Waals surface area (Å²) in [6, 6.07) is -17.3. The van der Waals surface area contributed by atoms with Gasteiger partial charge in [0.1, 0.15) is 54.4 Å². The number of carbonyl (C=O) groups is 18. The van der Waals surface area contributed by atoms with Gasteiger partial charge in [0.2, 0.25) is 53.2 Å². The molecule has 0 unspecified atom stereocenters. The number of hydrogen-bond donors (Lipinski definition) is 30. The lowest BCUT2D eigenvalue weighted by atomic mass is 10.0. The summed E-state index contributed by atoms with van der Waals surface area (Å²) in [5.74, 6) is -27.6. The molecule has 33 N–H and O–H groups in total. The number of benzene rings is 1. The van der Waals surface area contributed by atoms with Crippen molar-refractivity contribution in [3.05, 3.63) is 27.4 Å². The summed E-state index contributed by atoms with van der Waals surface area (Å²) in [4.78, 5) is 235. The molecule has 0 aliphatic carbocycles. The molecule has 0 saturated heterocycles. The quantitative estimate of drug-likeness (QED) is 0.0125. The molecule has 1 aromatic carbocycles. The second-order valence-corrected chi connectivity index (χ2v) is 24.9. The molecule has 0 aliphatic rings. The summed E-state index contributed by atoms with van der Waals surface area (Å²) < 4.78 is -1.19. The summed E-state index contributed by atoms with van der Waals surface area (Å²) in [6.45, 7) is -7.29. The number of aliphatic hydroxyl groups excluding tert-OH is 3. The van der Waals surface area contributed by atoms with E-state index in [9.17, 15) is 118 Å². The zero-order chi connectivity index (χ0) is 80.1. The van der Waals surface area contributed by atoms with Crippen molar-refractivity contribution < 1.29 is 132 Å². The normalized spacial score (nSPS) is 13.2. The number of nitrogens with two attached hydrogens (primary N) is 3. The van der Waals surface area contributed by atoms with Crippen LogP contribution in [0.5, 0.6) is 0 Å². The molecule has 0 heterocycles. The molecule has 0 spiro atoms. The summed E-state index contributed by atoms with van der Waals surface area (Å²) >= 11 is 4.41. The molecular weight excluding hydrogens is 1760 g/mol. The summed E-state index contributed by atoms with van der Waals surface area (Å²) in [6.07, 6.45) is -5.18. The number of carboxylic acid groups (broad SMARTS) is 6. The highest BCUT2D eigenvalue weighted by Crippen LogP contribution is 2.33. The Hall–Kier alpha value is -10.4. The van der Waals surface area contributed by atoms with Crippen molar-refractivity contribution >= 4 is 192 Å². The van der Waals surface area contributed by atoms with Crippen LogP contribution in [0.25, 0.3) is 0 Å². The largest absolute Gasteiger partial charge is 0.481 e. The van der Waals surface area contributed by atoms with Gasteiger partial charge in [-0.1, -0.05) is 0 Å². The first-order chi connectivity index (χ1) is 49.1. The fourth-order valence-corrected chi connectivity index (χ4v) is 13.1. The highest BCUT2D eigenvalue weighted by molar-refractivity contribution is 14.1. The third kappa shape index (κ3) is 34.1. The average Bonchev–Trinajstić information content (AvgIpc) is 0.757. The first kappa shape index (κ1) is 92.6. The molecule has 0 radical (unpaired) electrons. The highest BCUT2D eigenvalue weighted by atomic mass is 127. The van der Waals surface area contributed by atoms with Crippen LogP contribution in [-0.2, 0) is 71.9 Å². The van der Waals surface area contributed by atoms with Gasteiger partial charge in [-0.25, -0.2) is 14.4 Å². The maximum absolute atomic E-state index is 15.1. The highest BCUT2D eigenvalue weighted by Gasteiger charge is 2.37. The number of amides is 12. The van der Waals surface area contributed by atoms with E-state index in [4.69, 9.17) is 33.4 Å². The van der Waals surface area contributed by atoms with Crippen LogP contribution < -0.4 is 97.0 Å². The molecule has 0 bridgehead atoms. The molecule has 12 amide bonds. The summed E-state index contributed by atoms with van der Waals surface area (Å²) in [7, 11) is 0. The molecule has 0 saturated carbocycles. The van der Waals surface area contributed by atoms with Crippen molar-refractivity contribution in [2.75, 3.05) is 59.1 Å². The van der Waals surface area contributed by atoms with Crippen LogP contribution in [0.1, 0.15) is 88.9 Å². The molecule has 105 heavy (non-hydrogen) atoms. The molecule has 1 aromatic rings. The Labute approximate surface area is 632 Å². The second-order valence-electron chi connectivity index (χ2n) is 21.6. The molecule has 9 atom stereocenters. The van der Waals surface area contributed by atoms with Crippen LogP contribution in [0.2, 0.25) is 0 Å². The van der Waals surface area contributed by atoms with Gasteiger partial charge in [0.15, 0.2) is 17.9 Å². The van der Waals surface area contributed by atoms with Crippen molar-refractivity contribution in [1.29, 1.82) is 16.2 Å². The predicted molar refractivity (Wildman–Crippen MR) is 377 cm³/mol. The Bertz CT molecular complexity index is 3110. The van der Waals surface area contributed by atoms with Gasteiger partial charge >= 0.3 is 35.8 Å². The first-order valence-electron chi connectivity index (χ1n) is 30.3. The second kappa shape index (κ2) is 47.0. The van der Waals surface area contributed by atoms with Gasteiger partial charge in [-0.3, -0.25) is 88.1 Å². The monoisotopic (exact) mass is 1830 g/mol. The number of rotatable bonds is 48. The zero-order valence-corrected chi connectivity index (χ0v) is 61.1. The number of guanidine groups is 3. The van der Waals surface area contributed by atoms with Crippen LogP contribution in [0.3, 0.4) is 0 Å². The van der Waals surface area contributed by atoms with Gasteiger partial charge in [0.05, 0.1) is 75.4 Å². The van der Waals surface area contributed by atoms with Crippen molar-refractivity contribution in [3.8, 4) is 0 Å². The minimum absolute atomic E-state index is 0.144. The molecule has 1 rings (SSSR count). The average molecular weight is 1830 g/mol. The lowest BCUT2D eigenvalue weighted by Crippen LogP contribution is -2.55. The van der Waals surface area contributed by atoms with Crippen LogP contribution in [0.4, 0.5) is 0 Å². The Morgan fingerprint density at radius 3 is 0.714 bits per heavy atom. The van der Waals surface area contributed by atoms with E-state index in [-0.39, 0.29) is 38.9 Å². The van der Waals surface area contributed by atoms with Crippen molar-refractivity contribution in [3.63, 3.8) is 0 Å². The summed E-state index contributed by atoms with van der Waals surface area (Å²) in [5, 5.41) is 140. The Balaban J connectivity index is 4.31. The van der Waals surface area contributed by atoms with E-state index >= 15 is 14.4 Å². The number of nitrogens with one attached hydrogen (secondary N) is 18. The molecule has 48 nitrogen and oxygen atoms in total. The van der Waals surface area contributed by atoms with E-state index in [2.05, 4.69) is 47.9 Å². The van der Waals surface area contributed by atoms with E-state index in [1.54, 1.807) is 0 Å². The number of carboxylic acids is 6. The Morgan fingerprint density at radius 2 is 0.533 bits per heavy atom. The smallest absolute Gasteiger partial charge is 0.328 e. The molecule has 51 heteroatoms. The van der Waals surface area contributed by atoms with E-state index in [1.165, 1.54) is 67.8 Å². The van der Waals surface area contributed by atoms with Crippen LogP contribution in [0.15, 0.2) is 0 Å². The number of carbonyl (C=O) groups excluding carboxylic acids is 12. The van der Waals surface area contributed by atoms with Crippen molar-refractivity contribution in [2.45, 2.75) is 112 Å². The minimum atomic E-state index is -2.01. The van der Waals surface area contributed by atoms with Gasteiger partial charge in [-0.15, -0.1) is 0 Å². The molecule has 582 valence electrons. The molecule has 0 aromatic heterocycles. The van der Waals surface area contributed by atoms with Gasteiger partial charge in [0, 0.05) is 30.3 Å². The third-order valence-electron chi connectivity index (χ3n) is 13.6. The fourth-order valence-electron chi connectivity index (χ4n) is 8.48. The Morgan fingerprint density at radius 1 is 0.314 bits per heavy atom. The van der Waals surface area contributed by atoms with Crippen LogP contribution >= 0.6 is 67.8 Å². The number of aliphatic carboxylic acids is 6. The number of hydrogen-bond acceptors (Lipinski definition) is 24. The van der Waals surface area contributed by atoms with E-state index in [0.29, 0.717) is 0 Å². The lowest BCUT2D eigenvalue weighted by molar-refractivity contribution is -0.145. The van der Waals surface area contributed by atoms with Gasteiger partial charge in [-0.05, 0) is 106 Å².